The molecule has 3 N–H and O–H groups in total. The number of guanidine groups is 1. The Morgan fingerprint density at radius 3 is 1.86 bits per heavy atom. The Balaban J connectivity index is 1.47. The van der Waals surface area contributed by atoms with Crippen LogP contribution in [-0.2, 0) is 19.1 Å². The maximum absolute atomic E-state index is 12.3. The molecule has 0 aromatic rings. The largest absolute Gasteiger partial charge is 0.449 e. The van der Waals surface area contributed by atoms with Crippen LogP contribution in [0.2, 0.25) is 0 Å². The number of Topliss-reactive ketones (excluding diaryl/α,β-unsaturated/α-hetero) is 1. The van der Waals surface area contributed by atoms with E-state index in [1.807, 2.05) is 0 Å². The fraction of sp³-hybridized carbons (Fsp3) is 0.800. The third-order valence-corrected chi connectivity index (χ3v) is 7.21. The van der Waals surface area contributed by atoms with Crippen molar-refractivity contribution in [3.05, 3.63) is 0 Å². The summed E-state index contributed by atoms with van der Waals surface area (Å²) in [4.78, 5) is 52.3. The van der Waals surface area contributed by atoms with Crippen LogP contribution < -0.4 is 16.0 Å². The Morgan fingerprint density at radius 1 is 0.886 bits per heavy atom. The molecule has 10 heteroatoms. The minimum atomic E-state index is -0.670. The molecule has 2 saturated carbocycles. The number of aliphatic imine (C=N–C) groups is 1. The third-order valence-electron chi connectivity index (χ3n) is 7.21. The van der Waals surface area contributed by atoms with E-state index in [0.29, 0.717) is 37.9 Å². The van der Waals surface area contributed by atoms with Crippen molar-refractivity contribution in [2.45, 2.75) is 90.0 Å². The van der Waals surface area contributed by atoms with Gasteiger partial charge in [-0.2, -0.15) is 0 Å². The number of amides is 3. The van der Waals surface area contributed by atoms with Gasteiger partial charge >= 0.3 is 12.2 Å². The standard InChI is InChI=1S/C25H40N4O6/c1-17(30)21-20(22(31)27-21)13-8-14-26-23(28-24(32)34-15-18-9-4-2-5-10-18)29-25(33)35-16-19-11-6-3-7-12-19/h18-21H,2-16H2,1H3,(H,27,31)(H2,26,28,29,32,33)/t20-,21?/m1/s1. The van der Waals surface area contributed by atoms with E-state index in [1.54, 1.807) is 0 Å². The number of hydrogen-bond donors (Lipinski definition) is 3. The number of nitrogens with one attached hydrogen (secondary N) is 3. The molecule has 3 fully saturated rings. The van der Waals surface area contributed by atoms with Crippen molar-refractivity contribution in [3.63, 3.8) is 0 Å². The van der Waals surface area contributed by atoms with Crippen LogP contribution in [-0.4, -0.2) is 55.6 Å². The first-order valence-electron chi connectivity index (χ1n) is 13.1. The Hall–Kier alpha value is -2.65. The number of β-lactam (4-membered cyclic amide) rings is 1. The summed E-state index contributed by atoms with van der Waals surface area (Å²) in [5, 5.41) is 7.65. The maximum atomic E-state index is 12.3. The highest BCUT2D eigenvalue weighted by atomic mass is 16.6. The van der Waals surface area contributed by atoms with Crippen LogP contribution in [0.15, 0.2) is 4.99 Å². The Kier molecular flexibility index (Phi) is 10.8. The Labute approximate surface area is 207 Å². The lowest BCUT2D eigenvalue weighted by Crippen LogP contribution is -2.61. The second kappa shape index (κ2) is 14.0. The summed E-state index contributed by atoms with van der Waals surface area (Å²) in [5.74, 6) is 0.144. The van der Waals surface area contributed by atoms with Crippen LogP contribution in [0.5, 0.6) is 0 Å². The fourth-order valence-electron chi connectivity index (χ4n) is 5.07. The molecule has 3 amide bonds. The molecule has 0 aromatic carbocycles. The molecule has 3 aliphatic rings. The molecule has 1 aliphatic heterocycles. The van der Waals surface area contributed by atoms with Crippen LogP contribution in [0.1, 0.15) is 84.0 Å². The lowest BCUT2D eigenvalue weighted by atomic mass is 9.84. The molecule has 10 nitrogen and oxygen atoms in total. The smallest absolute Gasteiger partial charge is 0.413 e. The van der Waals surface area contributed by atoms with Crippen molar-refractivity contribution in [1.82, 2.24) is 16.0 Å². The van der Waals surface area contributed by atoms with Gasteiger partial charge in [0.05, 0.1) is 25.2 Å². The van der Waals surface area contributed by atoms with Gasteiger partial charge in [-0.05, 0) is 57.3 Å². The van der Waals surface area contributed by atoms with E-state index in [1.165, 1.54) is 19.8 Å². The third kappa shape index (κ3) is 9.14. The van der Waals surface area contributed by atoms with Crippen molar-refractivity contribution < 1.29 is 28.7 Å². The van der Waals surface area contributed by atoms with Gasteiger partial charge in [0.15, 0.2) is 5.78 Å². The molecule has 3 rings (SSSR count). The van der Waals surface area contributed by atoms with Gasteiger partial charge in [0.25, 0.3) is 0 Å². The molecule has 1 heterocycles. The first-order chi connectivity index (χ1) is 16.9. The van der Waals surface area contributed by atoms with Gasteiger partial charge in [0, 0.05) is 6.54 Å². The zero-order chi connectivity index (χ0) is 25.0. The summed E-state index contributed by atoms with van der Waals surface area (Å²) >= 11 is 0. The van der Waals surface area contributed by atoms with Gasteiger partial charge in [0.2, 0.25) is 11.9 Å². The predicted molar refractivity (Wildman–Crippen MR) is 130 cm³/mol. The average molecular weight is 493 g/mol. The molecule has 196 valence electrons. The van der Waals surface area contributed by atoms with E-state index >= 15 is 0 Å². The minimum absolute atomic E-state index is 0.0338. The van der Waals surface area contributed by atoms with Gasteiger partial charge in [-0.3, -0.25) is 25.2 Å². The SMILES string of the molecule is CC(=O)C1NC(=O)[C@@H]1CCCN=C(NC(=O)OCC1CCCCC1)NC(=O)OCC1CCCCC1. The zero-order valence-corrected chi connectivity index (χ0v) is 20.8. The summed E-state index contributed by atoms with van der Waals surface area (Å²) in [7, 11) is 0. The summed E-state index contributed by atoms with van der Waals surface area (Å²) in [6.07, 6.45) is 10.9. The predicted octanol–water partition coefficient (Wildman–Crippen LogP) is 3.44. The Morgan fingerprint density at radius 2 is 1.40 bits per heavy atom. The number of hydrogen-bond acceptors (Lipinski definition) is 7. The number of rotatable bonds is 9. The molecule has 0 bridgehead atoms. The Bertz CT molecular complexity index is 736. The molecule has 1 unspecified atom stereocenters. The fourth-order valence-corrected chi connectivity index (χ4v) is 5.07. The van der Waals surface area contributed by atoms with E-state index in [0.717, 1.165) is 51.4 Å². The maximum Gasteiger partial charge on any atom is 0.413 e. The molecular formula is C25H40N4O6. The van der Waals surface area contributed by atoms with E-state index in [4.69, 9.17) is 9.47 Å². The molecule has 0 aromatic heterocycles. The highest BCUT2D eigenvalue weighted by Gasteiger charge is 2.41. The number of carbonyl (C=O) groups is 4. The quantitative estimate of drug-likeness (QED) is 0.195. The molecule has 0 radical (unpaired) electrons. The molecule has 2 aliphatic carbocycles. The lowest BCUT2D eigenvalue weighted by Gasteiger charge is -2.34. The number of carbonyl (C=O) groups excluding carboxylic acids is 4. The molecule has 1 saturated heterocycles. The van der Waals surface area contributed by atoms with E-state index < -0.39 is 18.2 Å². The molecule has 35 heavy (non-hydrogen) atoms. The lowest BCUT2D eigenvalue weighted by molar-refractivity contribution is -0.142. The monoisotopic (exact) mass is 492 g/mol. The van der Waals surface area contributed by atoms with Gasteiger partial charge < -0.3 is 14.8 Å². The van der Waals surface area contributed by atoms with Crippen LogP contribution in [0.4, 0.5) is 9.59 Å². The van der Waals surface area contributed by atoms with Crippen LogP contribution in [0.25, 0.3) is 0 Å². The minimum Gasteiger partial charge on any atom is -0.449 e. The molecule has 2 atom stereocenters. The highest BCUT2D eigenvalue weighted by Crippen LogP contribution is 2.24. The first kappa shape index (κ1) is 26.9. The van der Waals surface area contributed by atoms with Crippen LogP contribution in [0.3, 0.4) is 0 Å². The second-order valence-corrected chi connectivity index (χ2v) is 10.0. The van der Waals surface area contributed by atoms with Gasteiger partial charge in [0.1, 0.15) is 0 Å². The first-order valence-corrected chi connectivity index (χ1v) is 13.1. The second-order valence-electron chi connectivity index (χ2n) is 10.0. The van der Waals surface area contributed by atoms with E-state index in [9.17, 15) is 19.2 Å². The van der Waals surface area contributed by atoms with Crippen LogP contribution >= 0.6 is 0 Å². The number of ether oxygens (including phenoxy) is 2. The van der Waals surface area contributed by atoms with E-state index in [-0.39, 0.29) is 30.1 Å². The number of nitrogens with zero attached hydrogens (tertiary/aromatic N) is 1. The van der Waals surface area contributed by atoms with Gasteiger partial charge in [-0.25, -0.2) is 9.59 Å². The summed E-state index contributed by atoms with van der Waals surface area (Å²) in [6, 6.07) is -0.438. The number of alkyl carbamates (subject to hydrolysis) is 2. The molecule has 0 spiro atoms. The molecular weight excluding hydrogens is 452 g/mol. The van der Waals surface area contributed by atoms with Crippen molar-refractivity contribution >= 4 is 29.8 Å². The van der Waals surface area contributed by atoms with Crippen LogP contribution in [0, 0.1) is 17.8 Å². The van der Waals surface area contributed by atoms with E-state index in [2.05, 4.69) is 20.9 Å². The summed E-state index contributed by atoms with van der Waals surface area (Å²) in [5.41, 5.74) is 0. The number of ketones is 1. The average Bonchev–Trinajstić information content (AvgIpc) is 2.85. The van der Waals surface area contributed by atoms with Gasteiger partial charge in [-0.15, -0.1) is 0 Å². The highest BCUT2D eigenvalue weighted by molar-refractivity contribution is 6.01. The summed E-state index contributed by atoms with van der Waals surface area (Å²) < 4.78 is 10.7. The normalized spacial score (nSPS) is 22.8. The van der Waals surface area contributed by atoms with Crippen molar-refractivity contribution in [1.29, 1.82) is 0 Å². The van der Waals surface area contributed by atoms with Crippen molar-refractivity contribution in [2.24, 2.45) is 22.7 Å². The van der Waals surface area contributed by atoms with Crippen molar-refractivity contribution in [2.75, 3.05) is 19.8 Å². The van der Waals surface area contributed by atoms with Gasteiger partial charge in [-0.1, -0.05) is 38.5 Å². The summed E-state index contributed by atoms with van der Waals surface area (Å²) in [6.45, 7) is 2.40. The zero-order valence-electron chi connectivity index (χ0n) is 20.8. The van der Waals surface area contributed by atoms with Crippen molar-refractivity contribution in [3.8, 4) is 0 Å². The topological polar surface area (TPSA) is 135 Å².